The summed E-state index contributed by atoms with van der Waals surface area (Å²) >= 11 is 0. The summed E-state index contributed by atoms with van der Waals surface area (Å²) in [7, 11) is 1.65. The molecule has 1 saturated heterocycles. The second kappa shape index (κ2) is 9.40. The van der Waals surface area contributed by atoms with E-state index in [0.717, 1.165) is 46.7 Å². The van der Waals surface area contributed by atoms with Crippen molar-refractivity contribution in [2.24, 2.45) is 0 Å². The number of aromatic nitrogens is 2. The van der Waals surface area contributed by atoms with Gasteiger partial charge in [-0.1, -0.05) is 30.3 Å². The highest BCUT2D eigenvalue weighted by molar-refractivity contribution is 5.99. The van der Waals surface area contributed by atoms with Crippen molar-refractivity contribution < 1.29 is 14.7 Å². The molecule has 0 radical (unpaired) electrons. The number of aliphatic hydroxyl groups is 1. The first-order valence-electron chi connectivity index (χ1n) is 11.7. The average Bonchev–Trinajstić information content (AvgIpc) is 3.59. The quantitative estimate of drug-likeness (QED) is 0.433. The van der Waals surface area contributed by atoms with Gasteiger partial charge < -0.3 is 25.6 Å². The number of fused-ring (bicyclic) bond motifs is 1. The third kappa shape index (κ3) is 4.47. The number of nitrogens with one attached hydrogen (secondary N) is 3. The average molecular weight is 460 g/mol. The van der Waals surface area contributed by atoms with Crippen LogP contribution >= 0.6 is 0 Å². The van der Waals surface area contributed by atoms with Gasteiger partial charge in [0.05, 0.1) is 18.4 Å². The van der Waals surface area contributed by atoms with E-state index in [1.54, 1.807) is 19.4 Å². The molecular formula is C26H29N5O3. The molecule has 2 aliphatic rings. The molecule has 8 heteroatoms. The molecule has 1 aromatic heterocycles. The number of carbonyl (C=O) groups excluding carboxylic acids is 2. The molecule has 0 saturated carbocycles. The monoisotopic (exact) mass is 459 g/mol. The van der Waals surface area contributed by atoms with Crippen LogP contribution in [0.3, 0.4) is 0 Å². The molecule has 0 bridgehead atoms. The number of likely N-dealkylation sites (tertiary alicyclic amines) is 1. The van der Waals surface area contributed by atoms with Crippen molar-refractivity contribution in [1.82, 2.24) is 20.2 Å². The number of amides is 2. The molecule has 34 heavy (non-hydrogen) atoms. The normalized spacial score (nSPS) is 19.5. The lowest BCUT2D eigenvalue weighted by Gasteiger charge is -2.31. The van der Waals surface area contributed by atoms with Crippen LogP contribution < -0.4 is 10.6 Å². The molecule has 2 aromatic carbocycles. The minimum atomic E-state index is -0.475. The standard InChI is InChI=1S/C26H29N5O3/c1-27-26(34)24(18-6-5-17-13-23(33)30-22(17)12-18)21(15-31-10-7-20(32)14-31)16-3-2-4-19(11-16)25-28-8-9-29-25/h2-6,8-9,11-12,20-21,24,32H,7,10,13-15H2,1H3,(H,27,34)(H,28,29)(H,30,33)/t20-,21+,24?/m0/s1. The number of benzene rings is 2. The number of nitrogens with zero attached hydrogens (tertiary/aromatic N) is 2. The third-order valence-electron chi connectivity index (χ3n) is 6.84. The molecule has 0 aliphatic carbocycles. The summed E-state index contributed by atoms with van der Waals surface area (Å²) in [4.78, 5) is 35.0. The first-order valence-corrected chi connectivity index (χ1v) is 11.7. The molecule has 3 aromatic rings. The van der Waals surface area contributed by atoms with E-state index in [9.17, 15) is 14.7 Å². The number of H-pyrrole nitrogens is 1. The molecule has 4 N–H and O–H groups in total. The molecule has 1 unspecified atom stereocenters. The predicted molar refractivity (Wildman–Crippen MR) is 129 cm³/mol. The van der Waals surface area contributed by atoms with Gasteiger partial charge in [-0.2, -0.15) is 0 Å². The topological polar surface area (TPSA) is 110 Å². The summed E-state index contributed by atoms with van der Waals surface area (Å²) in [6.45, 7) is 2.01. The summed E-state index contributed by atoms with van der Waals surface area (Å²) < 4.78 is 0. The van der Waals surface area contributed by atoms with Crippen LogP contribution in [0.1, 0.15) is 34.9 Å². The van der Waals surface area contributed by atoms with Gasteiger partial charge in [0, 0.05) is 56.2 Å². The van der Waals surface area contributed by atoms with Crippen molar-refractivity contribution in [3.8, 4) is 11.4 Å². The van der Waals surface area contributed by atoms with Crippen LogP contribution in [0.15, 0.2) is 54.9 Å². The minimum absolute atomic E-state index is 0.0302. The largest absolute Gasteiger partial charge is 0.392 e. The lowest BCUT2D eigenvalue weighted by Crippen LogP contribution is -2.36. The number of β-amino-alcohol motifs (C(OH)–C–C–N with tert-alkyl or cyclic N) is 1. The maximum absolute atomic E-state index is 13.4. The SMILES string of the molecule is CNC(=O)C(c1ccc2c(c1)NC(=O)C2)[C@H](CN1CC[C@H](O)C1)c1cccc(-c2ncc[nH]2)c1. The van der Waals surface area contributed by atoms with E-state index in [1.807, 2.05) is 30.3 Å². The van der Waals surface area contributed by atoms with Crippen LogP contribution in [0, 0.1) is 0 Å². The smallest absolute Gasteiger partial charge is 0.228 e. The lowest BCUT2D eigenvalue weighted by atomic mass is 9.79. The Bertz CT molecular complexity index is 1190. The zero-order chi connectivity index (χ0) is 23.7. The van der Waals surface area contributed by atoms with Gasteiger partial charge in [-0.25, -0.2) is 4.98 Å². The molecule has 8 nitrogen and oxygen atoms in total. The Kier molecular flexibility index (Phi) is 6.17. The molecular weight excluding hydrogens is 430 g/mol. The number of likely N-dealkylation sites (N-methyl/N-ethyl adjacent to an activating group) is 1. The maximum Gasteiger partial charge on any atom is 0.228 e. The number of imidazole rings is 1. The fraction of sp³-hybridized carbons (Fsp3) is 0.346. The van der Waals surface area contributed by atoms with Crippen LogP contribution in [-0.4, -0.2) is 64.6 Å². The van der Waals surface area contributed by atoms with E-state index >= 15 is 0 Å². The van der Waals surface area contributed by atoms with Gasteiger partial charge in [-0.3, -0.25) is 9.59 Å². The lowest BCUT2D eigenvalue weighted by molar-refractivity contribution is -0.122. The predicted octanol–water partition coefficient (Wildman–Crippen LogP) is 2.25. The molecule has 176 valence electrons. The molecule has 3 atom stereocenters. The Hall–Kier alpha value is -3.49. The van der Waals surface area contributed by atoms with Crippen LogP contribution in [0.5, 0.6) is 0 Å². The van der Waals surface area contributed by atoms with Gasteiger partial charge in [-0.15, -0.1) is 0 Å². The van der Waals surface area contributed by atoms with E-state index in [2.05, 4.69) is 37.6 Å². The first kappa shape index (κ1) is 22.3. The van der Waals surface area contributed by atoms with E-state index in [0.29, 0.717) is 19.5 Å². The molecule has 3 heterocycles. The van der Waals surface area contributed by atoms with Gasteiger partial charge in [0.2, 0.25) is 11.8 Å². The van der Waals surface area contributed by atoms with Crippen LogP contribution in [0.25, 0.3) is 11.4 Å². The number of hydrogen-bond acceptors (Lipinski definition) is 5. The van der Waals surface area contributed by atoms with Gasteiger partial charge in [0.25, 0.3) is 0 Å². The van der Waals surface area contributed by atoms with Crippen LogP contribution in [0.2, 0.25) is 0 Å². The number of aliphatic hydroxyl groups excluding tert-OH is 1. The number of hydrogen-bond donors (Lipinski definition) is 4. The van der Waals surface area contributed by atoms with Gasteiger partial charge >= 0.3 is 0 Å². The molecule has 2 amide bonds. The second-order valence-electron chi connectivity index (χ2n) is 9.11. The summed E-state index contributed by atoms with van der Waals surface area (Å²) in [5, 5.41) is 15.9. The highest BCUT2D eigenvalue weighted by Crippen LogP contribution is 2.38. The Morgan fingerprint density at radius 1 is 1.26 bits per heavy atom. The maximum atomic E-state index is 13.4. The minimum Gasteiger partial charge on any atom is -0.392 e. The van der Waals surface area contributed by atoms with Crippen molar-refractivity contribution in [3.05, 3.63) is 71.5 Å². The van der Waals surface area contributed by atoms with E-state index in [4.69, 9.17) is 0 Å². The Morgan fingerprint density at radius 2 is 2.15 bits per heavy atom. The fourth-order valence-corrected chi connectivity index (χ4v) is 5.15. The van der Waals surface area contributed by atoms with Gasteiger partial charge in [0.15, 0.2) is 0 Å². The van der Waals surface area contributed by atoms with Crippen molar-refractivity contribution in [3.63, 3.8) is 0 Å². The second-order valence-corrected chi connectivity index (χ2v) is 9.11. The Morgan fingerprint density at radius 3 is 2.88 bits per heavy atom. The summed E-state index contributed by atoms with van der Waals surface area (Å²) in [6, 6.07) is 14.0. The van der Waals surface area contributed by atoms with Crippen molar-refractivity contribution in [2.75, 3.05) is 32.0 Å². The number of anilines is 1. The summed E-state index contributed by atoms with van der Waals surface area (Å²) in [6.07, 6.45) is 4.26. The van der Waals surface area contributed by atoms with Crippen LogP contribution in [-0.2, 0) is 16.0 Å². The van der Waals surface area contributed by atoms with Crippen molar-refractivity contribution in [2.45, 2.75) is 30.8 Å². The Balaban J connectivity index is 1.57. The van der Waals surface area contributed by atoms with Gasteiger partial charge in [0.1, 0.15) is 5.82 Å². The summed E-state index contributed by atoms with van der Waals surface area (Å²) in [5.41, 5.74) is 4.55. The van der Waals surface area contributed by atoms with E-state index < -0.39 is 5.92 Å². The zero-order valence-electron chi connectivity index (χ0n) is 19.1. The van der Waals surface area contributed by atoms with Crippen molar-refractivity contribution in [1.29, 1.82) is 0 Å². The highest BCUT2D eigenvalue weighted by Gasteiger charge is 2.35. The molecule has 2 aliphatic heterocycles. The van der Waals surface area contributed by atoms with E-state index in [-0.39, 0.29) is 23.8 Å². The Labute approximate surface area is 198 Å². The number of rotatable bonds is 7. The first-order chi connectivity index (χ1) is 16.5. The number of carbonyl (C=O) groups is 2. The molecule has 5 rings (SSSR count). The van der Waals surface area contributed by atoms with E-state index in [1.165, 1.54) is 0 Å². The fourth-order valence-electron chi connectivity index (χ4n) is 5.15. The zero-order valence-corrected chi connectivity index (χ0v) is 19.1. The van der Waals surface area contributed by atoms with Gasteiger partial charge in [-0.05, 0) is 35.2 Å². The molecule has 1 fully saturated rings. The molecule has 0 spiro atoms. The highest BCUT2D eigenvalue weighted by atomic mass is 16.3. The third-order valence-corrected chi connectivity index (χ3v) is 6.84. The number of aromatic amines is 1. The van der Waals surface area contributed by atoms with Crippen LogP contribution in [0.4, 0.5) is 5.69 Å². The summed E-state index contributed by atoms with van der Waals surface area (Å²) in [5.74, 6) is 0.0106. The van der Waals surface area contributed by atoms with Crippen molar-refractivity contribution >= 4 is 17.5 Å².